The highest BCUT2D eigenvalue weighted by Gasteiger charge is 2.06. The molecule has 3 nitrogen and oxygen atoms in total. The van der Waals surface area contributed by atoms with Crippen LogP contribution in [0.25, 0.3) is 0 Å². The Hall–Kier alpha value is -0.870. The summed E-state index contributed by atoms with van der Waals surface area (Å²) in [5.74, 6) is 0.0214. The minimum atomic E-state index is -0.132. The summed E-state index contributed by atoms with van der Waals surface area (Å²) < 4.78 is 5.50. The molecule has 0 saturated carbocycles. The zero-order valence-corrected chi connectivity index (χ0v) is 11.6. The van der Waals surface area contributed by atoms with Gasteiger partial charge in [0, 0.05) is 13.2 Å². The molecular formula is C13H18BrNO2. The Kier molecular flexibility index (Phi) is 6.89. The molecule has 0 heterocycles. The molecule has 0 radical (unpaired) electrons. The molecule has 17 heavy (non-hydrogen) atoms. The highest BCUT2D eigenvalue weighted by molar-refractivity contribution is 9.10. The predicted octanol–water partition coefficient (Wildman–Crippen LogP) is 2.49. The van der Waals surface area contributed by atoms with Crippen LogP contribution in [0.15, 0.2) is 30.3 Å². The lowest BCUT2D eigenvalue weighted by Gasteiger charge is -2.07. The van der Waals surface area contributed by atoms with E-state index in [2.05, 4.69) is 21.2 Å². The Morgan fingerprint density at radius 1 is 1.41 bits per heavy atom. The first-order valence-electron chi connectivity index (χ1n) is 5.73. The van der Waals surface area contributed by atoms with Crippen molar-refractivity contribution in [2.45, 2.75) is 24.8 Å². The van der Waals surface area contributed by atoms with Crippen molar-refractivity contribution in [2.75, 3.05) is 13.2 Å². The van der Waals surface area contributed by atoms with Gasteiger partial charge in [0.25, 0.3) is 0 Å². The third-order valence-electron chi connectivity index (χ3n) is 2.24. The average molecular weight is 300 g/mol. The van der Waals surface area contributed by atoms with Gasteiger partial charge >= 0.3 is 0 Å². The number of nitrogens with one attached hydrogen (secondary N) is 1. The molecule has 0 fully saturated rings. The van der Waals surface area contributed by atoms with Gasteiger partial charge in [0.05, 0.1) is 11.4 Å². The van der Waals surface area contributed by atoms with E-state index in [4.69, 9.17) is 4.74 Å². The van der Waals surface area contributed by atoms with Crippen molar-refractivity contribution in [3.8, 4) is 0 Å². The highest BCUT2D eigenvalue weighted by atomic mass is 79.9. The number of halogens is 1. The minimum Gasteiger partial charge on any atom is -0.377 e. The minimum absolute atomic E-state index is 0.0214. The third-order valence-corrected chi connectivity index (χ3v) is 2.65. The van der Waals surface area contributed by atoms with Gasteiger partial charge in [-0.3, -0.25) is 4.79 Å². The second-order valence-electron chi connectivity index (χ2n) is 3.80. The van der Waals surface area contributed by atoms with Crippen LogP contribution in [-0.2, 0) is 16.1 Å². The molecule has 0 aliphatic rings. The summed E-state index contributed by atoms with van der Waals surface area (Å²) in [6, 6.07) is 10.1. The Bertz CT molecular complexity index is 327. The van der Waals surface area contributed by atoms with E-state index in [1.165, 1.54) is 5.56 Å². The highest BCUT2D eigenvalue weighted by Crippen LogP contribution is 2.00. The van der Waals surface area contributed by atoms with E-state index in [9.17, 15) is 4.79 Å². The Morgan fingerprint density at radius 3 is 2.76 bits per heavy atom. The van der Waals surface area contributed by atoms with Crippen molar-refractivity contribution in [1.82, 2.24) is 5.32 Å². The Labute approximate surface area is 111 Å². The topological polar surface area (TPSA) is 38.3 Å². The molecule has 0 spiro atoms. The average Bonchev–Trinajstić information content (AvgIpc) is 2.34. The molecule has 0 aliphatic carbocycles. The third kappa shape index (κ3) is 6.44. The molecule has 1 aromatic rings. The van der Waals surface area contributed by atoms with Crippen LogP contribution in [0.1, 0.15) is 18.9 Å². The van der Waals surface area contributed by atoms with E-state index in [-0.39, 0.29) is 10.7 Å². The van der Waals surface area contributed by atoms with Gasteiger partial charge < -0.3 is 10.1 Å². The van der Waals surface area contributed by atoms with Gasteiger partial charge in [-0.25, -0.2) is 0 Å². The van der Waals surface area contributed by atoms with Crippen LogP contribution in [0, 0.1) is 0 Å². The number of carbonyl (C=O) groups excluding carboxylic acids is 1. The number of ether oxygens (including phenoxy) is 1. The van der Waals surface area contributed by atoms with Crippen LogP contribution in [0.4, 0.5) is 0 Å². The van der Waals surface area contributed by atoms with Gasteiger partial charge in [0.1, 0.15) is 0 Å². The number of hydrogen-bond acceptors (Lipinski definition) is 2. The molecular weight excluding hydrogens is 282 g/mol. The summed E-state index contributed by atoms with van der Waals surface area (Å²) >= 11 is 3.21. The van der Waals surface area contributed by atoms with Crippen LogP contribution in [0.2, 0.25) is 0 Å². The van der Waals surface area contributed by atoms with E-state index >= 15 is 0 Å². The Morgan fingerprint density at radius 2 is 2.12 bits per heavy atom. The summed E-state index contributed by atoms with van der Waals surface area (Å²) in [4.78, 5) is 11.1. The maximum absolute atomic E-state index is 11.2. The molecule has 0 aromatic heterocycles. The Balaban J connectivity index is 2.00. The van der Waals surface area contributed by atoms with E-state index in [1.54, 1.807) is 6.92 Å². The molecule has 94 valence electrons. The zero-order valence-electron chi connectivity index (χ0n) is 9.99. The molecule has 1 N–H and O–H groups in total. The number of rotatable bonds is 7. The fourth-order valence-corrected chi connectivity index (χ4v) is 1.45. The van der Waals surface area contributed by atoms with Crippen molar-refractivity contribution in [2.24, 2.45) is 0 Å². The van der Waals surface area contributed by atoms with Crippen LogP contribution in [0.3, 0.4) is 0 Å². The lowest BCUT2D eigenvalue weighted by atomic mass is 10.2. The monoisotopic (exact) mass is 299 g/mol. The number of alkyl halides is 1. The molecule has 0 saturated heterocycles. The number of hydrogen-bond donors (Lipinski definition) is 1. The molecule has 0 aliphatic heterocycles. The van der Waals surface area contributed by atoms with Crippen LogP contribution >= 0.6 is 15.9 Å². The number of benzene rings is 1. The maximum atomic E-state index is 11.2. The van der Waals surface area contributed by atoms with E-state index in [1.807, 2.05) is 30.3 Å². The summed E-state index contributed by atoms with van der Waals surface area (Å²) in [6.45, 7) is 3.75. The number of amides is 1. The van der Waals surface area contributed by atoms with Crippen LogP contribution in [0.5, 0.6) is 0 Å². The smallest absolute Gasteiger partial charge is 0.233 e. The number of carbonyl (C=O) groups is 1. The normalized spacial score (nSPS) is 12.1. The molecule has 1 amide bonds. The molecule has 1 rings (SSSR count). The molecule has 4 heteroatoms. The summed E-state index contributed by atoms with van der Waals surface area (Å²) in [6.07, 6.45) is 0.832. The van der Waals surface area contributed by atoms with Gasteiger partial charge in [-0.05, 0) is 18.9 Å². The van der Waals surface area contributed by atoms with Crippen molar-refractivity contribution in [1.29, 1.82) is 0 Å². The summed E-state index contributed by atoms with van der Waals surface area (Å²) in [5, 5.41) is 2.81. The first-order chi connectivity index (χ1) is 8.20. The maximum Gasteiger partial charge on any atom is 0.233 e. The van der Waals surface area contributed by atoms with E-state index < -0.39 is 0 Å². The molecule has 1 atom stereocenters. The quantitative estimate of drug-likeness (QED) is 0.620. The van der Waals surface area contributed by atoms with Crippen molar-refractivity contribution >= 4 is 21.8 Å². The van der Waals surface area contributed by atoms with Gasteiger partial charge in [0.15, 0.2) is 0 Å². The van der Waals surface area contributed by atoms with Crippen LogP contribution in [-0.4, -0.2) is 23.9 Å². The molecule has 1 aromatic carbocycles. The first kappa shape index (κ1) is 14.2. The van der Waals surface area contributed by atoms with Gasteiger partial charge in [-0.2, -0.15) is 0 Å². The first-order valence-corrected chi connectivity index (χ1v) is 6.65. The lowest BCUT2D eigenvalue weighted by molar-refractivity contribution is -0.120. The van der Waals surface area contributed by atoms with E-state index in [0.717, 1.165) is 6.42 Å². The van der Waals surface area contributed by atoms with Crippen molar-refractivity contribution < 1.29 is 9.53 Å². The lowest BCUT2D eigenvalue weighted by Crippen LogP contribution is -2.30. The standard InChI is InChI=1S/C13H18BrNO2/c1-11(14)13(16)15-8-5-9-17-10-12-6-3-2-4-7-12/h2-4,6-7,11H,5,8-10H2,1H3,(H,15,16). The van der Waals surface area contributed by atoms with Gasteiger partial charge in [-0.1, -0.05) is 46.3 Å². The second kappa shape index (κ2) is 8.25. The zero-order chi connectivity index (χ0) is 12.5. The van der Waals surface area contributed by atoms with Crippen LogP contribution < -0.4 is 5.32 Å². The van der Waals surface area contributed by atoms with E-state index in [0.29, 0.717) is 19.8 Å². The second-order valence-corrected chi connectivity index (χ2v) is 5.17. The summed E-state index contributed by atoms with van der Waals surface area (Å²) in [7, 11) is 0. The largest absolute Gasteiger partial charge is 0.377 e. The molecule has 1 unspecified atom stereocenters. The van der Waals surface area contributed by atoms with Crippen molar-refractivity contribution in [3.63, 3.8) is 0 Å². The van der Waals surface area contributed by atoms with Gasteiger partial charge in [0.2, 0.25) is 5.91 Å². The molecule has 0 bridgehead atoms. The fourth-order valence-electron chi connectivity index (χ4n) is 1.29. The SMILES string of the molecule is CC(Br)C(=O)NCCCOCc1ccccc1. The summed E-state index contributed by atoms with van der Waals surface area (Å²) in [5.41, 5.74) is 1.17. The predicted molar refractivity (Wildman–Crippen MR) is 72.1 cm³/mol. The fraction of sp³-hybridized carbons (Fsp3) is 0.462. The van der Waals surface area contributed by atoms with Crippen molar-refractivity contribution in [3.05, 3.63) is 35.9 Å². The van der Waals surface area contributed by atoms with Gasteiger partial charge in [-0.15, -0.1) is 0 Å².